The Balaban J connectivity index is 1.41. The van der Waals surface area contributed by atoms with Crippen LogP contribution in [0.15, 0.2) is 42.6 Å². The average molecular weight is 401 g/mol. The van der Waals surface area contributed by atoms with Crippen molar-refractivity contribution in [3.8, 4) is 5.75 Å². The number of piperazine rings is 1. The molecule has 1 saturated heterocycles. The summed E-state index contributed by atoms with van der Waals surface area (Å²) in [4.78, 5) is 7.07. The number of rotatable bonds is 5. The van der Waals surface area contributed by atoms with Crippen molar-refractivity contribution in [1.82, 2.24) is 4.98 Å². The Morgan fingerprint density at radius 2 is 2.00 bits per heavy atom. The predicted octanol–water partition coefficient (Wildman–Crippen LogP) is 2.58. The number of aromatic nitrogens is 1. The van der Waals surface area contributed by atoms with E-state index < -0.39 is 6.10 Å². The number of hydrogen-bond acceptors (Lipinski definition) is 3. The Kier molecular flexibility index (Phi) is 5.49. The minimum absolute atomic E-state index is 0.504. The van der Waals surface area contributed by atoms with E-state index in [-0.39, 0.29) is 0 Å². The van der Waals surface area contributed by atoms with Gasteiger partial charge in [0.25, 0.3) is 0 Å². The number of aliphatic hydroxyl groups is 1. The van der Waals surface area contributed by atoms with Crippen molar-refractivity contribution in [2.24, 2.45) is 0 Å². The summed E-state index contributed by atoms with van der Waals surface area (Å²) >= 11 is 6.18. The Morgan fingerprint density at radius 3 is 2.75 bits per heavy atom. The molecule has 0 saturated carbocycles. The number of H-pyrrole nitrogens is 1. The Bertz CT molecular complexity index is 964. The first-order chi connectivity index (χ1) is 13.5. The van der Waals surface area contributed by atoms with Crippen LogP contribution in [-0.4, -0.2) is 49.9 Å². The fourth-order valence-corrected chi connectivity index (χ4v) is 4.26. The summed E-state index contributed by atoms with van der Waals surface area (Å²) < 4.78 is 5.33. The van der Waals surface area contributed by atoms with Crippen LogP contribution in [-0.2, 0) is 0 Å². The highest BCUT2D eigenvalue weighted by molar-refractivity contribution is 6.30. The number of halogens is 1. The van der Waals surface area contributed by atoms with Crippen LogP contribution in [0.4, 0.5) is 5.69 Å². The Morgan fingerprint density at radius 1 is 1.21 bits per heavy atom. The van der Waals surface area contributed by atoms with E-state index >= 15 is 0 Å². The molecule has 2 aromatic carbocycles. The minimum Gasteiger partial charge on any atom is -0.497 e. The van der Waals surface area contributed by atoms with E-state index in [1.807, 2.05) is 30.5 Å². The van der Waals surface area contributed by atoms with Gasteiger partial charge < -0.3 is 24.6 Å². The third kappa shape index (κ3) is 3.83. The molecule has 0 bridgehead atoms. The zero-order valence-electron chi connectivity index (χ0n) is 16.3. The molecule has 2 heterocycles. The summed E-state index contributed by atoms with van der Waals surface area (Å²) in [7, 11) is 1.66. The van der Waals surface area contributed by atoms with Crippen LogP contribution >= 0.6 is 11.6 Å². The van der Waals surface area contributed by atoms with E-state index in [4.69, 9.17) is 16.3 Å². The Labute approximate surface area is 170 Å². The number of aromatic amines is 1. The van der Waals surface area contributed by atoms with E-state index in [9.17, 15) is 5.11 Å². The lowest BCUT2D eigenvalue weighted by Gasteiger charge is -2.35. The second kappa shape index (κ2) is 8.03. The largest absolute Gasteiger partial charge is 0.497 e. The number of ether oxygens (including phenoxy) is 1. The number of anilines is 1. The average Bonchev–Trinajstić information content (AvgIpc) is 3.13. The maximum absolute atomic E-state index is 10.9. The van der Waals surface area contributed by atoms with Gasteiger partial charge in [-0.2, -0.15) is 0 Å². The van der Waals surface area contributed by atoms with Crippen molar-refractivity contribution in [1.29, 1.82) is 0 Å². The number of nitrogens with one attached hydrogen (secondary N) is 2. The second-order valence-corrected chi connectivity index (χ2v) is 7.98. The first-order valence-corrected chi connectivity index (χ1v) is 10.1. The SMILES string of the molecule is COc1ccc2[nH]cc([C@@H](O)C[NH+]3CCN(c4cc(Cl)ccc4C)CC3)c2c1. The van der Waals surface area contributed by atoms with Crippen LogP contribution in [0.2, 0.25) is 5.02 Å². The molecule has 3 aromatic rings. The summed E-state index contributed by atoms with van der Waals surface area (Å²) in [5.41, 5.74) is 4.43. The van der Waals surface area contributed by atoms with Gasteiger partial charge >= 0.3 is 0 Å². The molecule has 1 aliphatic rings. The van der Waals surface area contributed by atoms with Crippen molar-refractivity contribution < 1.29 is 14.7 Å². The normalized spacial score (nSPS) is 16.5. The summed E-state index contributed by atoms with van der Waals surface area (Å²) in [5.74, 6) is 0.804. The van der Waals surface area contributed by atoms with Gasteiger partial charge in [0.05, 0.1) is 33.3 Å². The number of nitrogens with zero attached hydrogens (tertiary/aromatic N) is 1. The molecule has 0 unspecified atom stereocenters. The van der Waals surface area contributed by atoms with Gasteiger partial charge in [0.1, 0.15) is 18.4 Å². The number of methoxy groups -OCH3 is 1. The van der Waals surface area contributed by atoms with Crippen molar-refractivity contribution >= 4 is 28.2 Å². The van der Waals surface area contributed by atoms with Crippen molar-refractivity contribution in [3.05, 3.63) is 58.7 Å². The molecule has 0 aliphatic carbocycles. The van der Waals surface area contributed by atoms with E-state index in [1.54, 1.807) is 7.11 Å². The van der Waals surface area contributed by atoms with Gasteiger partial charge in [-0.15, -0.1) is 0 Å². The van der Waals surface area contributed by atoms with Crippen molar-refractivity contribution in [2.75, 3.05) is 44.7 Å². The fourth-order valence-electron chi connectivity index (χ4n) is 4.10. The van der Waals surface area contributed by atoms with Gasteiger partial charge in [0.2, 0.25) is 0 Å². The molecule has 5 nitrogen and oxygen atoms in total. The van der Waals surface area contributed by atoms with Crippen LogP contribution in [0, 0.1) is 6.92 Å². The second-order valence-electron chi connectivity index (χ2n) is 7.54. The summed E-state index contributed by atoms with van der Waals surface area (Å²) in [5, 5.41) is 12.7. The zero-order chi connectivity index (χ0) is 19.7. The highest BCUT2D eigenvalue weighted by atomic mass is 35.5. The lowest BCUT2D eigenvalue weighted by Crippen LogP contribution is -3.15. The first-order valence-electron chi connectivity index (χ1n) is 9.73. The lowest BCUT2D eigenvalue weighted by atomic mass is 10.1. The molecular formula is C22H27ClN3O2+. The third-order valence-electron chi connectivity index (χ3n) is 5.74. The van der Waals surface area contributed by atoms with Gasteiger partial charge in [-0.3, -0.25) is 0 Å². The maximum atomic E-state index is 10.9. The molecule has 1 aromatic heterocycles. The van der Waals surface area contributed by atoms with E-state index in [1.165, 1.54) is 16.2 Å². The topological polar surface area (TPSA) is 52.9 Å². The fraction of sp³-hybridized carbons (Fsp3) is 0.364. The molecule has 1 atom stereocenters. The molecule has 0 spiro atoms. The highest BCUT2D eigenvalue weighted by Crippen LogP contribution is 2.27. The molecule has 3 N–H and O–H groups in total. The number of quaternary nitrogens is 1. The molecule has 1 aliphatic heterocycles. The van der Waals surface area contributed by atoms with Crippen LogP contribution in [0.1, 0.15) is 17.2 Å². The lowest BCUT2D eigenvalue weighted by molar-refractivity contribution is -0.904. The molecule has 6 heteroatoms. The molecule has 4 rings (SSSR count). The zero-order valence-corrected chi connectivity index (χ0v) is 17.1. The third-order valence-corrected chi connectivity index (χ3v) is 5.98. The van der Waals surface area contributed by atoms with Gasteiger partial charge in [-0.05, 0) is 42.8 Å². The van der Waals surface area contributed by atoms with E-state index in [0.717, 1.165) is 53.4 Å². The quantitative estimate of drug-likeness (QED) is 0.617. The van der Waals surface area contributed by atoms with Crippen molar-refractivity contribution in [2.45, 2.75) is 13.0 Å². The molecule has 28 heavy (non-hydrogen) atoms. The predicted molar refractivity (Wildman–Crippen MR) is 114 cm³/mol. The number of aliphatic hydroxyl groups excluding tert-OH is 1. The van der Waals surface area contributed by atoms with Crippen LogP contribution < -0.4 is 14.5 Å². The summed E-state index contributed by atoms with van der Waals surface area (Å²) in [6, 6.07) is 12.0. The monoisotopic (exact) mass is 400 g/mol. The molecule has 0 amide bonds. The summed E-state index contributed by atoms with van der Waals surface area (Å²) in [6.45, 7) is 6.74. The molecule has 1 fully saturated rings. The van der Waals surface area contributed by atoms with E-state index in [2.05, 4.69) is 28.9 Å². The Hall–Kier alpha value is -2.21. The van der Waals surface area contributed by atoms with Crippen molar-refractivity contribution in [3.63, 3.8) is 0 Å². The smallest absolute Gasteiger partial charge is 0.130 e. The number of aryl methyl sites for hydroxylation is 1. The summed E-state index contributed by atoms with van der Waals surface area (Å²) in [6.07, 6.45) is 1.41. The van der Waals surface area contributed by atoms with Gasteiger partial charge in [0, 0.05) is 33.4 Å². The van der Waals surface area contributed by atoms with Crippen LogP contribution in [0.5, 0.6) is 5.75 Å². The van der Waals surface area contributed by atoms with Crippen LogP contribution in [0.3, 0.4) is 0 Å². The molecule has 148 valence electrons. The van der Waals surface area contributed by atoms with Gasteiger partial charge in [-0.1, -0.05) is 17.7 Å². The van der Waals surface area contributed by atoms with E-state index in [0.29, 0.717) is 6.54 Å². The van der Waals surface area contributed by atoms with Gasteiger partial charge in [-0.25, -0.2) is 0 Å². The standard InChI is InChI=1S/C22H26ClN3O2/c1-15-3-4-16(23)11-21(15)26-9-7-25(8-10-26)14-22(27)19-13-24-20-6-5-17(28-2)12-18(19)20/h3-6,11-13,22,24,27H,7-10,14H2,1-2H3/p+1/t22-/m0/s1. The van der Waals surface area contributed by atoms with Gasteiger partial charge in [0.15, 0.2) is 0 Å². The first kappa shape index (κ1) is 19.1. The number of benzene rings is 2. The maximum Gasteiger partial charge on any atom is 0.130 e. The molecule has 0 radical (unpaired) electrons. The minimum atomic E-state index is -0.504. The van der Waals surface area contributed by atoms with Crippen LogP contribution in [0.25, 0.3) is 10.9 Å². The highest BCUT2D eigenvalue weighted by Gasteiger charge is 2.25. The molecular weight excluding hydrogens is 374 g/mol. The number of fused-ring (bicyclic) bond motifs is 1. The number of hydrogen-bond donors (Lipinski definition) is 3.